The molecule has 7 heterocycles. The van der Waals surface area contributed by atoms with E-state index in [4.69, 9.17) is 10.2 Å². The molecule has 4 saturated heterocycles. The van der Waals surface area contributed by atoms with Gasteiger partial charge in [0.25, 0.3) is 0 Å². The Hall–Kier alpha value is -3.23. The first kappa shape index (κ1) is 123. The topological polar surface area (TPSA) is 189 Å². The van der Waals surface area contributed by atoms with E-state index in [0.29, 0.717) is 91.1 Å². The predicted octanol–water partition coefficient (Wildman–Crippen LogP) is 18.9. The minimum atomic E-state index is -0.0276. The van der Waals surface area contributed by atoms with Crippen LogP contribution in [0.3, 0.4) is 0 Å². The Balaban J connectivity index is 0.000000712. The van der Waals surface area contributed by atoms with Gasteiger partial charge in [-0.15, -0.1) is 0 Å². The standard InChI is InChI=1S/C12H26N2.C12H25N.C11H25N3.3C11H18N2.C11H23NO.C10H22N2.C10H21NO.C9H19NO/c1-11(2)13-8-6-10-14-9-5-4-7-12(14)3;1-10(2)13(11(3)4)12-8-6-5-7-9-12;1-11(2)12-5-4-6-14-9-7-13(3)8-10-14;1-10(2)13(3)9-7-11-6-4-5-8-12-11;1-10(2)12-9-5-7-11-6-3-4-8-13-11;1-4-13(10(2)3)9-11-5-7-12-8-6-11;1-10(2)12(8-9-13)11-6-4-3-5-7-11;1-10(2)11-6-9-12-7-4-3-5-8-12;1-10(2,3)11-6-4-9(8-12)5-7-11;1-7(2)10-8-3-5-9(11)6-4-8/h11-13H,4-10H2,1-3H3;10-12H,5-9H2,1-4H3;11-12H,4-10H2,1-3H3;4-6,8,10H,7,9H2,1-3H3;3-4,6,8,10,12H,5,7,9H2,1-2H3;5-8,10H,4,9H2,1-3H3;10-11,13H,3-9H2,1-2H3;10-11H,3-9H2,1-2H3;9,12H,4-8H2,1-3H3;7-11H,3-6H2,1-2H3. The molecule has 7 fully saturated rings. The molecule has 3 aliphatic carbocycles. The highest BCUT2D eigenvalue weighted by molar-refractivity contribution is 5.10. The lowest BCUT2D eigenvalue weighted by atomic mass is 9.92. The molecule has 3 aromatic rings. The van der Waals surface area contributed by atoms with Crippen LogP contribution in [0.4, 0.5) is 0 Å². The van der Waals surface area contributed by atoms with Crippen molar-refractivity contribution in [2.24, 2.45) is 5.92 Å². The summed E-state index contributed by atoms with van der Waals surface area (Å²) in [6.07, 6.45) is 42.3. The monoisotopic (exact) mass is 1800 g/mol. The number of aryl methyl sites for hydroxylation is 1. The lowest BCUT2D eigenvalue weighted by molar-refractivity contribution is 0.0679. The Morgan fingerprint density at radius 1 is 0.453 bits per heavy atom. The van der Waals surface area contributed by atoms with Gasteiger partial charge in [-0.25, -0.2) is 0 Å². The summed E-state index contributed by atoms with van der Waals surface area (Å²) in [7, 11) is 4.35. The van der Waals surface area contributed by atoms with Crippen LogP contribution in [0, 0.1) is 5.92 Å². The number of likely N-dealkylation sites (N-methyl/N-ethyl adjacent to an activating group) is 2. The van der Waals surface area contributed by atoms with Gasteiger partial charge in [0.15, 0.2) is 0 Å². The number of aliphatic hydroxyl groups is 3. The van der Waals surface area contributed by atoms with Crippen LogP contribution in [0.1, 0.15) is 351 Å². The predicted molar refractivity (Wildman–Crippen MR) is 557 cm³/mol. The molecule has 750 valence electrons. The third-order valence-electron chi connectivity index (χ3n) is 26.2. The number of likely N-dealkylation sites (tertiary alicyclic amines) is 3. The molecule has 3 aromatic heterocycles. The molecule has 0 amide bonds. The zero-order valence-electron chi connectivity index (χ0n) is 89.0. The van der Waals surface area contributed by atoms with Gasteiger partial charge in [-0.3, -0.25) is 34.6 Å². The van der Waals surface area contributed by atoms with Crippen molar-refractivity contribution in [1.29, 1.82) is 0 Å². The number of hydrogen-bond donors (Lipinski definition) is 8. The molecular weight excluding hydrogens is 1580 g/mol. The van der Waals surface area contributed by atoms with Gasteiger partial charge >= 0.3 is 0 Å². The molecule has 0 bridgehead atoms. The van der Waals surface area contributed by atoms with E-state index in [9.17, 15) is 5.11 Å². The summed E-state index contributed by atoms with van der Waals surface area (Å²) in [4.78, 5) is 35.1. The average molecular weight is 1800 g/mol. The van der Waals surface area contributed by atoms with Crippen molar-refractivity contribution in [3.8, 4) is 0 Å². The molecule has 7 aliphatic rings. The lowest BCUT2D eigenvalue weighted by Gasteiger charge is -2.40. The Morgan fingerprint density at radius 2 is 0.930 bits per heavy atom. The SMILES string of the molecule is CC(C)(C)N1CCC(CO)CC1.CC(C)N(C(C)C)C1CCCCC1.CC(C)N(C)CCc1ccccn1.CC(C)N(CCO)C1CCCCC1.CC(C)NC1CCC(O)CC1.CC(C)NCCCN1CCCCC1C.CC(C)NCCCN1CCN(C)CC1.CC(C)NCCCc1ccccn1.CC(C)NCCN1CCCCC1.CCN(Cc1ccncc1)C(C)C. The van der Waals surface area contributed by atoms with E-state index in [0.717, 1.165) is 135 Å². The minimum absolute atomic E-state index is 0.0276. The molecule has 128 heavy (non-hydrogen) atoms. The number of hydrogen-bond acceptors (Lipinski definition) is 20. The summed E-state index contributed by atoms with van der Waals surface area (Å²) >= 11 is 0. The fourth-order valence-corrected chi connectivity index (χ4v) is 18.0. The molecule has 8 N–H and O–H groups in total. The van der Waals surface area contributed by atoms with Gasteiger partial charge in [-0.1, -0.05) is 140 Å². The van der Waals surface area contributed by atoms with Gasteiger partial charge < -0.3 is 66.4 Å². The van der Waals surface area contributed by atoms with Crippen LogP contribution < -0.4 is 26.6 Å². The third kappa shape index (κ3) is 65.5. The number of nitrogens with zero attached hydrogens (tertiary/aromatic N) is 12. The number of pyridine rings is 3. The number of piperazine rings is 1. The van der Waals surface area contributed by atoms with Gasteiger partial charge in [0.2, 0.25) is 0 Å². The van der Waals surface area contributed by atoms with Gasteiger partial charge in [0, 0.05) is 198 Å². The van der Waals surface area contributed by atoms with Crippen LogP contribution in [-0.4, -0.2) is 322 Å². The summed E-state index contributed by atoms with van der Waals surface area (Å²) in [5.74, 6) is 0.559. The third-order valence-corrected chi connectivity index (χ3v) is 26.2. The van der Waals surface area contributed by atoms with Crippen LogP contribution in [0.15, 0.2) is 73.3 Å². The highest BCUT2D eigenvalue weighted by Crippen LogP contribution is 2.28. The quantitative estimate of drug-likeness (QED) is 0.0254. The molecular formula is C108H215N17O3. The number of rotatable bonds is 37. The number of nitrogens with one attached hydrogen (secondary N) is 5. The molecule has 0 radical (unpaired) electrons. The molecule has 1 atom stereocenters. The van der Waals surface area contributed by atoms with E-state index in [2.05, 4.69) is 297 Å². The van der Waals surface area contributed by atoms with E-state index < -0.39 is 0 Å². The molecule has 20 heteroatoms. The van der Waals surface area contributed by atoms with Crippen LogP contribution in [0.2, 0.25) is 0 Å². The highest BCUT2D eigenvalue weighted by atomic mass is 16.3. The van der Waals surface area contributed by atoms with E-state index in [1.165, 1.54) is 205 Å². The van der Waals surface area contributed by atoms with Crippen molar-refractivity contribution in [3.63, 3.8) is 0 Å². The Morgan fingerprint density at radius 3 is 1.38 bits per heavy atom. The second-order valence-corrected chi connectivity index (χ2v) is 42.0. The Labute approximate surface area is 793 Å². The molecule has 3 saturated carbocycles. The lowest BCUT2D eigenvalue weighted by Crippen LogP contribution is -2.46. The largest absolute Gasteiger partial charge is 0.396 e. The summed E-state index contributed by atoms with van der Waals surface area (Å²) in [6, 6.07) is 25.7. The zero-order chi connectivity index (χ0) is 95.5. The molecule has 0 spiro atoms. The molecule has 10 rings (SSSR count). The maximum Gasteiger partial charge on any atom is 0.0558 e. The van der Waals surface area contributed by atoms with Crippen molar-refractivity contribution < 1.29 is 15.3 Å². The zero-order valence-corrected chi connectivity index (χ0v) is 89.0. The normalized spacial score (nSPS) is 19.3. The van der Waals surface area contributed by atoms with Gasteiger partial charge in [-0.05, 0) is 346 Å². The van der Waals surface area contributed by atoms with Gasteiger partial charge in [0.1, 0.15) is 0 Å². The Kier molecular flexibility index (Phi) is 73.7. The van der Waals surface area contributed by atoms with Gasteiger partial charge in [-0.2, -0.15) is 0 Å². The summed E-state index contributed by atoms with van der Waals surface area (Å²) in [5, 5.41) is 44.4. The highest BCUT2D eigenvalue weighted by Gasteiger charge is 2.29. The van der Waals surface area contributed by atoms with Crippen LogP contribution in [0.5, 0.6) is 0 Å². The van der Waals surface area contributed by atoms with Crippen LogP contribution >= 0.6 is 0 Å². The molecule has 20 nitrogen and oxygen atoms in total. The van der Waals surface area contributed by atoms with Crippen LogP contribution in [-0.2, 0) is 19.4 Å². The number of piperidine rings is 3. The molecule has 1 unspecified atom stereocenters. The number of aliphatic hydroxyl groups excluding tert-OH is 3. The first-order valence-electron chi connectivity index (χ1n) is 52.9. The maximum atomic E-state index is 9.23. The first-order chi connectivity index (χ1) is 61.0. The van der Waals surface area contributed by atoms with Crippen molar-refractivity contribution >= 4 is 0 Å². The van der Waals surface area contributed by atoms with E-state index in [1.54, 1.807) is 0 Å². The first-order valence-corrected chi connectivity index (χ1v) is 52.9. The number of aromatic nitrogens is 3. The second kappa shape index (κ2) is 76.9. The fraction of sp³-hybridized carbons (Fsp3) is 0.861. The minimum Gasteiger partial charge on any atom is -0.396 e. The van der Waals surface area contributed by atoms with E-state index in [-0.39, 0.29) is 6.10 Å². The van der Waals surface area contributed by atoms with E-state index in [1.807, 2.05) is 49.1 Å². The maximum absolute atomic E-state index is 9.23. The average Bonchev–Trinajstić information content (AvgIpc) is 0.866. The smallest absolute Gasteiger partial charge is 0.0558 e. The fourth-order valence-electron chi connectivity index (χ4n) is 18.0. The summed E-state index contributed by atoms with van der Waals surface area (Å²) in [5.41, 5.74) is 4.01. The van der Waals surface area contributed by atoms with Crippen molar-refractivity contribution in [1.82, 2.24) is 85.6 Å². The molecule has 4 aliphatic heterocycles. The van der Waals surface area contributed by atoms with Crippen LogP contribution in [0.25, 0.3) is 0 Å². The van der Waals surface area contributed by atoms with Gasteiger partial charge in [0.05, 0.1) is 12.7 Å². The Bertz CT molecular complexity index is 2830. The second-order valence-electron chi connectivity index (χ2n) is 42.0. The van der Waals surface area contributed by atoms with Crippen molar-refractivity contribution in [2.75, 3.05) is 152 Å². The molecule has 0 aromatic carbocycles. The summed E-state index contributed by atoms with van der Waals surface area (Å²) in [6.45, 7) is 80.2. The van der Waals surface area contributed by atoms with Crippen molar-refractivity contribution in [2.45, 2.75) is 449 Å². The van der Waals surface area contributed by atoms with Crippen molar-refractivity contribution in [3.05, 3.63) is 90.3 Å². The summed E-state index contributed by atoms with van der Waals surface area (Å²) < 4.78 is 0. The van der Waals surface area contributed by atoms with E-state index >= 15 is 0 Å².